The van der Waals surface area contributed by atoms with Gasteiger partial charge in [0, 0.05) is 0 Å². The summed E-state index contributed by atoms with van der Waals surface area (Å²) in [5, 5.41) is 0.373. The van der Waals surface area contributed by atoms with E-state index in [1.54, 1.807) is 12.2 Å². The Hall–Kier alpha value is -0.630. The van der Waals surface area contributed by atoms with E-state index in [9.17, 15) is 4.39 Å². The van der Waals surface area contributed by atoms with Gasteiger partial charge in [-0.15, -0.1) is 0 Å². The lowest BCUT2D eigenvalue weighted by Crippen LogP contribution is -1.93. The zero-order valence-electron chi connectivity index (χ0n) is 5.35. The zero-order valence-corrected chi connectivity index (χ0v) is 6.11. The molecule has 0 saturated heterocycles. The summed E-state index contributed by atoms with van der Waals surface area (Å²) in [6.45, 7) is -0.555. The van der Waals surface area contributed by atoms with E-state index < -0.39 is 6.67 Å². The Kier molecular flexibility index (Phi) is 2.63. The maximum absolute atomic E-state index is 12.0. The second-order valence-electron chi connectivity index (χ2n) is 1.90. The smallest absolute Gasteiger partial charge is 0.131 e. The van der Waals surface area contributed by atoms with Gasteiger partial charge in [0.25, 0.3) is 0 Å². The van der Waals surface area contributed by atoms with Gasteiger partial charge in [0.05, 0.1) is 5.71 Å². The summed E-state index contributed by atoms with van der Waals surface area (Å²) >= 11 is 5.56. The number of aliphatic imine (C=N–C) groups is 1. The van der Waals surface area contributed by atoms with Gasteiger partial charge in [-0.05, 0) is 18.6 Å². The van der Waals surface area contributed by atoms with E-state index in [2.05, 4.69) is 4.99 Å². The van der Waals surface area contributed by atoms with Crippen molar-refractivity contribution in [2.24, 2.45) is 4.99 Å². The minimum Gasteiger partial charge on any atom is -0.244 e. The first-order valence-electron chi connectivity index (χ1n) is 2.98. The molecule has 3 heteroatoms. The van der Waals surface area contributed by atoms with E-state index in [1.807, 2.05) is 6.08 Å². The molecular weight excluding hydrogens is 153 g/mol. The summed E-state index contributed by atoms with van der Waals surface area (Å²) < 4.78 is 12.0. The van der Waals surface area contributed by atoms with E-state index in [-0.39, 0.29) is 0 Å². The second-order valence-corrected chi connectivity index (χ2v) is 2.29. The van der Waals surface area contributed by atoms with Crippen LogP contribution in [0.3, 0.4) is 0 Å². The van der Waals surface area contributed by atoms with Crippen molar-refractivity contribution in [3.63, 3.8) is 0 Å². The van der Waals surface area contributed by atoms with Gasteiger partial charge in [0.2, 0.25) is 0 Å². The van der Waals surface area contributed by atoms with Crippen LogP contribution in [-0.4, -0.2) is 12.4 Å². The van der Waals surface area contributed by atoms with Crippen molar-refractivity contribution in [2.45, 2.75) is 6.42 Å². The Morgan fingerprint density at radius 2 is 2.50 bits per heavy atom. The average molecular weight is 160 g/mol. The van der Waals surface area contributed by atoms with Crippen molar-refractivity contribution in [3.05, 3.63) is 23.4 Å². The Morgan fingerprint density at radius 3 is 3.20 bits per heavy atom. The Labute approximate surface area is 63.9 Å². The number of hydrogen-bond donors (Lipinski definition) is 0. The van der Waals surface area contributed by atoms with Crippen LogP contribution in [-0.2, 0) is 0 Å². The number of hydrogen-bond acceptors (Lipinski definition) is 1. The molecule has 0 aromatic carbocycles. The second kappa shape index (κ2) is 3.52. The summed E-state index contributed by atoms with van der Waals surface area (Å²) in [6.07, 6.45) is 5.94. The first kappa shape index (κ1) is 7.48. The summed E-state index contributed by atoms with van der Waals surface area (Å²) in [4.78, 5) is 3.78. The summed E-state index contributed by atoms with van der Waals surface area (Å²) in [5.41, 5.74) is 0.388. The van der Waals surface area contributed by atoms with Gasteiger partial charge in [-0.1, -0.05) is 17.7 Å². The average Bonchev–Trinajstić information content (AvgIpc) is 2.13. The lowest BCUT2D eigenvalue weighted by Gasteiger charge is -1.89. The van der Waals surface area contributed by atoms with E-state index in [0.717, 1.165) is 6.42 Å². The maximum Gasteiger partial charge on any atom is 0.131 e. The fourth-order valence-electron chi connectivity index (χ4n) is 0.664. The summed E-state index contributed by atoms with van der Waals surface area (Å²) in [7, 11) is 0. The Bertz CT molecular complexity index is 206. The van der Waals surface area contributed by atoms with Gasteiger partial charge >= 0.3 is 0 Å². The van der Waals surface area contributed by atoms with Crippen LogP contribution in [0.5, 0.6) is 0 Å². The molecule has 1 aliphatic rings. The molecule has 0 radical (unpaired) electrons. The highest BCUT2D eigenvalue weighted by Crippen LogP contribution is 2.09. The largest absolute Gasteiger partial charge is 0.244 e. The van der Waals surface area contributed by atoms with E-state index in [0.29, 0.717) is 10.9 Å². The summed E-state index contributed by atoms with van der Waals surface area (Å²) in [6, 6.07) is 0. The minimum absolute atomic E-state index is 0.373. The van der Waals surface area contributed by atoms with Crippen LogP contribution in [0.25, 0.3) is 0 Å². The Morgan fingerprint density at radius 1 is 1.70 bits per heavy atom. The van der Waals surface area contributed by atoms with Crippen molar-refractivity contribution < 1.29 is 4.39 Å². The van der Waals surface area contributed by atoms with Crippen LogP contribution in [0.2, 0.25) is 0 Å². The van der Waals surface area contributed by atoms with Crippen LogP contribution >= 0.6 is 11.6 Å². The van der Waals surface area contributed by atoms with Gasteiger partial charge in [0.15, 0.2) is 0 Å². The van der Waals surface area contributed by atoms with Crippen LogP contribution in [0.1, 0.15) is 6.42 Å². The molecule has 0 unspecified atom stereocenters. The van der Waals surface area contributed by atoms with E-state index in [1.165, 1.54) is 0 Å². The molecule has 10 heavy (non-hydrogen) atoms. The third-order valence-electron chi connectivity index (χ3n) is 1.12. The molecule has 0 aromatic heterocycles. The third-order valence-corrected chi connectivity index (χ3v) is 1.36. The van der Waals surface area contributed by atoms with Crippen LogP contribution in [0.4, 0.5) is 4.39 Å². The standard InChI is InChI=1S/C7H7ClFN/c8-7-4-2-1-3-6(5-9)10-7/h1,3-4H,2,5H2. The molecule has 0 N–H and O–H groups in total. The van der Waals surface area contributed by atoms with Crippen LogP contribution < -0.4 is 0 Å². The first-order chi connectivity index (χ1) is 4.83. The summed E-state index contributed by atoms with van der Waals surface area (Å²) in [5.74, 6) is 0. The molecule has 0 bridgehead atoms. The van der Waals surface area contributed by atoms with Crippen LogP contribution in [0, 0.1) is 0 Å². The fraction of sp³-hybridized carbons (Fsp3) is 0.286. The normalized spacial score (nSPS) is 17.8. The molecule has 1 rings (SSSR count). The molecule has 0 amide bonds. The highest BCUT2D eigenvalue weighted by Gasteiger charge is 1.97. The molecule has 0 aliphatic carbocycles. The van der Waals surface area contributed by atoms with Crippen molar-refractivity contribution in [2.75, 3.05) is 6.67 Å². The molecule has 1 nitrogen and oxygen atoms in total. The predicted molar refractivity (Wildman–Crippen MR) is 41.1 cm³/mol. The molecule has 0 saturated carbocycles. The predicted octanol–water partition coefficient (Wildman–Crippen LogP) is 2.44. The van der Waals surface area contributed by atoms with Crippen molar-refractivity contribution in [3.8, 4) is 0 Å². The van der Waals surface area contributed by atoms with E-state index >= 15 is 0 Å². The molecule has 0 fully saturated rings. The minimum atomic E-state index is -0.555. The van der Waals surface area contributed by atoms with Gasteiger partial charge in [-0.2, -0.15) is 0 Å². The quantitative estimate of drug-likeness (QED) is 0.521. The van der Waals surface area contributed by atoms with Crippen molar-refractivity contribution in [1.82, 2.24) is 0 Å². The number of nitrogens with zero attached hydrogens (tertiary/aromatic N) is 1. The lowest BCUT2D eigenvalue weighted by atomic mass is 10.3. The zero-order chi connectivity index (χ0) is 7.40. The molecule has 0 spiro atoms. The lowest BCUT2D eigenvalue weighted by molar-refractivity contribution is 0.582. The first-order valence-corrected chi connectivity index (χ1v) is 3.36. The molecular formula is C7H7ClFN. The van der Waals surface area contributed by atoms with Gasteiger partial charge in [-0.3, -0.25) is 0 Å². The van der Waals surface area contributed by atoms with Gasteiger partial charge in [-0.25, -0.2) is 9.38 Å². The van der Waals surface area contributed by atoms with Gasteiger partial charge in [0.1, 0.15) is 11.8 Å². The molecule has 0 atom stereocenters. The highest BCUT2D eigenvalue weighted by molar-refractivity contribution is 6.30. The molecule has 1 heterocycles. The SMILES string of the molecule is FCC1=NC(Cl)=CCC=C1. The topological polar surface area (TPSA) is 12.4 Å². The van der Waals surface area contributed by atoms with Crippen LogP contribution in [0.15, 0.2) is 28.4 Å². The number of halogens is 2. The molecule has 0 aromatic rings. The fourth-order valence-corrected chi connectivity index (χ4v) is 0.862. The third kappa shape index (κ3) is 1.95. The molecule has 54 valence electrons. The number of allylic oxidation sites excluding steroid dienone is 3. The molecule has 1 aliphatic heterocycles. The monoisotopic (exact) mass is 159 g/mol. The number of rotatable bonds is 1. The Balaban J connectivity index is 2.79. The highest BCUT2D eigenvalue weighted by atomic mass is 35.5. The van der Waals surface area contributed by atoms with E-state index in [4.69, 9.17) is 11.6 Å². The number of alkyl halides is 1. The van der Waals surface area contributed by atoms with Gasteiger partial charge < -0.3 is 0 Å². The van der Waals surface area contributed by atoms with Crippen molar-refractivity contribution in [1.29, 1.82) is 0 Å². The van der Waals surface area contributed by atoms with Crippen molar-refractivity contribution >= 4 is 17.3 Å². The maximum atomic E-state index is 12.0.